The first kappa shape index (κ1) is 22.8. The van der Waals surface area contributed by atoms with E-state index in [4.69, 9.17) is 23.2 Å². The Morgan fingerprint density at radius 2 is 1.72 bits per heavy atom. The number of rotatable bonds is 5. The van der Waals surface area contributed by atoms with Gasteiger partial charge in [0.2, 0.25) is 5.91 Å². The van der Waals surface area contributed by atoms with Crippen molar-refractivity contribution in [1.29, 1.82) is 0 Å². The van der Waals surface area contributed by atoms with Crippen LogP contribution >= 0.6 is 23.2 Å². The van der Waals surface area contributed by atoms with E-state index in [0.29, 0.717) is 0 Å². The van der Waals surface area contributed by atoms with Crippen molar-refractivity contribution in [2.24, 2.45) is 5.92 Å². The van der Waals surface area contributed by atoms with Gasteiger partial charge in [-0.05, 0) is 43.3 Å². The fraction of sp³-hybridized carbons (Fsp3) is 0.263. The number of hydrogen-bond acceptors (Lipinski definition) is 3. The van der Waals surface area contributed by atoms with Crippen LogP contribution in [0.25, 0.3) is 0 Å². The molecule has 0 bridgehead atoms. The van der Waals surface area contributed by atoms with Crippen molar-refractivity contribution < 1.29 is 27.9 Å². The molecule has 2 aromatic rings. The minimum atomic E-state index is -4.55. The molecule has 0 unspecified atom stereocenters. The molecule has 0 radical (unpaired) electrons. The minimum absolute atomic E-state index is 0.0162. The zero-order valence-electron chi connectivity index (χ0n) is 15.3. The summed E-state index contributed by atoms with van der Waals surface area (Å²) >= 11 is 11.7. The predicted molar refractivity (Wildman–Crippen MR) is 104 cm³/mol. The van der Waals surface area contributed by atoms with Crippen molar-refractivity contribution in [2.45, 2.75) is 26.1 Å². The second-order valence-corrected chi connectivity index (χ2v) is 7.24. The van der Waals surface area contributed by atoms with Crippen LogP contribution < -0.4 is 10.6 Å². The van der Waals surface area contributed by atoms with Crippen LogP contribution in [0.4, 0.5) is 18.9 Å². The largest absolute Gasteiger partial charge is 0.507 e. The first-order chi connectivity index (χ1) is 13.4. The summed E-state index contributed by atoms with van der Waals surface area (Å²) < 4.78 is 38.1. The summed E-state index contributed by atoms with van der Waals surface area (Å²) in [5.41, 5.74) is -0.972. The van der Waals surface area contributed by atoms with Crippen LogP contribution in [0.5, 0.6) is 5.75 Å². The van der Waals surface area contributed by atoms with Crippen molar-refractivity contribution in [1.82, 2.24) is 5.32 Å². The minimum Gasteiger partial charge on any atom is -0.507 e. The highest BCUT2D eigenvalue weighted by Crippen LogP contribution is 2.34. The van der Waals surface area contributed by atoms with Crippen LogP contribution in [0, 0.1) is 5.92 Å². The Kier molecular flexibility index (Phi) is 7.02. The number of phenols is 1. The lowest BCUT2D eigenvalue weighted by molar-refractivity contribution is -0.137. The number of phenolic OH excluding ortho intramolecular Hbond substituents is 1. The van der Waals surface area contributed by atoms with Crippen molar-refractivity contribution in [3.8, 4) is 5.75 Å². The molecule has 0 fully saturated rings. The zero-order valence-corrected chi connectivity index (χ0v) is 16.8. The quantitative estimate of drug-likeness (QED) is 0.594. The molecule has 0 aromatic heterocycles. The van der Waals surface area contributed by atoms with Crippen molar-refractivity contribution in [3.05, 3.63) is 57.6 Å². The molecule has 156 valence electrons. The Morgan fingerprint density at radius 3 is 2.31 bits per heavy atom. The Labute approximate surface area is 174 Å². The van der Waals surface area contributed by atoms with Crippen LogP contribution in [-0.4, -0.2) is 23.0 Å². The molecule has 3 N–H and O–H groups in total. The Morgan fingerprint density at radius 1 is 1.07 bits per heavy atom. The number of nitrogens with one attached hydrogen (secondary N) is 2. The van der Waals surface area contributed by atoms with Crippen molar-refractivity contribution in [2.75, 3.05) is 5.32 Å². The van der Waals surface area contributed by atoms with E-state index in [0.717, 1.165) is 18.2 Å². The average molecular weight is 449 g/mol. The molecular formula is C19H17Cl2F3N2O3. The van der Waals surface area contributed by atoms with E-state index in [1.807, 2.05) is 0 Å². The van der Waals surface area contributed by atoms with Crippen LogP contribution in [0.2, 0.25) is 10.0 Å². The highest BCUT2D eigenvalue weighted by atomic mass is 35.5. The summed E-state index contributed by atoms with van der Waals surface area (Å²) in [5, 5.41) is 14.8. The summed E-state index contributed by atoms with van der Waals surface area (Å²) in [6.07, 6.45) is -4.55. The maximum absolute atomic E-state index is 12.7. The molecule has 0 aliphatic heterocycles. The summed E-state index contributed by atoms with van der Waals surface area (Å²) in [7, 11) is 0. The Bertz CT molecular complexity index is 935. The third-order valence-electron chi connectivity index (χ3n) is 4.28. The third-order valence-corrected chi connectivity index (χ3v) is 4.83. The van der Waals surface area contributed by atoms with Gasteiger partial charge in [-0.2, -0.15) is 13.2 Å². The number of benzene rings is 2. The molecule has 29 heavy (non-hydrogen) atoms. The second kappa shape index (κ2) is 8.92. The van der Waals surface area contributed by atoms with E-state index in [1.165, 1.54) is 25.1 Å². The van der Waals surface area contributed by atoms with E-state index < -0.39 is 35.5 Å². The van der Waals surface area contributed by atoms with E-state index in [9.17, 15) is 27.9 Å². The van der Waals surface area contributed by atoms with E-state index in [1.54, 1.807) is 6.92 Å². The molecule has 0 saturated heterocycles. The van der Waals surface area contributed by atoms with Gasteiger partial charge < -0.3 is 15.7 Å². The van der Waals surface area contributed by atoms with Gasteiger partial charge in [0.1, 0.15) is 5.75 Å². The maximum Gasteiger partial charge on any atom is 0.416 e. The van der Waals surface area contributed by atoms with Crippen molar-refractivity contribution >= 4 is 40.7 Å². The summed E-state index contributed by atoms with van der Waals surface area (Å²) in [6.45, 7) is 3.09. The SMILES string of the molecule is C[C@H](NC(=O)c1cc(Cl)ccc1O)[C@H](C)C(=O)Nc1ccc(C(F)(F)F)cc1Cl. The average Bonchev–Trinajstić information content (AvgIpc) is 2.63. The van der Waals surface area contributed by atoms with Gasteiger partial charge in [-0.15, -0.1) is 0 Å². The third kappa shape index (κ3) is 5.77. The number of anilines is 1. The fourth-order valence-electron chi connectivity index (χ4n) is 2.37. The molecule has 2 amide bonds. The summed E-state index contributed by atoms with van der Waals surface area (Å²) in [4.78, 5) is 24.7. The topological polar surface area (TPSA) is 78.4 Å². The Hall–Kier alpha value is -2.45. The van der Waals surface area contributed by atoms with E-state index >= 15 is 0 Å². The maximum atomic E-state index is 12.7. The van der Waals surface area contributed by atoms with Crippen molar-refractivity contribution in [3.63, 3.8) is 0 Å². The number of alkyl halides is 3. The number of amides is 2. The van der Waals surface area contributed by atoms with Crippen LogP contribution in [0.1, 0.15) is 29.8 Å². The molecule has 0 spiro atoms. The molecule has 2 rings (SSSR count). The number of hydrogen-bond donors (Lipinski definition) is 3. The smallest absolute Gasteiger partial charge is 0.416 e. The first-order valence-corrected chi connectivity index (χ1v) is 9.12. The van der Waals surface area contributed by atoms with Crippen LogP contribution in [0.15, 0.2) is 36.4 Å². The second-order valence-electron chi connectivity index (χ2n) is 6.39. The van der Waals surface area contributed by atoms with Gasteiger partial charge in [0, 0.05) is 11.1 Å². The molecule has 0 heterocycles. The summed E-state index contributed by atoms with van der Waals surface area (Å²) in [6, 6.07) is 5.88. The lowest BCUT2D eigenvalue weighted by atomic mass is 10.0. The van der Waals surface area contributed by atoms with Gasteiger partial charge in [0.25, 0.3) is 5.91 Å². The molecule has 10 heteroatoms. The number of carbonyl (C=O) groups is 2. The van der Waals surface area contributed by atoms with Crippen LogP contribution in [-0.2, 0) is 11.0 Å². The standard InChI is InChI=1S/C19H17Cl2F3N2O3/c1-9(10(2)25-18(29)13-8-12(20)4-6-16(13)27)17(28)26-15-5-3-11(7-14(15)21)19(22,23)24/h3-10,27H,1-2H3,(H,25,29)(H,26,28)/t9-,10-/m0/s1. The van der Waals surface area contributed by atoms with Gasteiger partial charge in [-0.25, -0.2) is 0 Å². The molecule has 5 nitrogen and oxygen atoms in total. The molecule has 2 atom stereocenters. The monoisotopic (exact) mass is 448 g/mol. The van der Waals surface area contributed by atoms with E-state index in [2.05, 4.69) is 10.6 Å². The normalized spacial score (nSPS) is 13.5. The van der Waals surface area contributed by atoms with Gasteiger partial charge >= 0.3 is 6.18 Å². The number of halogens is 5. The highest BCUT2D eigenvalue weighted by molar-refractivity contribution is 6.33. The molecule has 0 aliphatic rings. The Balaban J connectivity index is 2.06. The molecular weight excluding hydrogens is 432 g/mol. The molecule has 2 aromatic carbocycles. The molecule has 0 saturated carbocycles. The van der Waals surface area contributed by atoms with E-state index in [-0.39, 0.29) is 27.0 Å². The van der Waals surface area contributed by atoms with Crippen LogP contribution in [0.3, 0.4) is 0 Å². The number of carbonyl (C=O) groups excluding carboxylic acids is 2. The molecule has 0 aliphatic carbocycles. The number of aromatic hydroxyl groups is 1. The predicted octanol–water partition coefficient (Wildman–Crippen LogP) is 5.11. The fourth-order valence-corrected chi connectivity index (χ4v) is 2.77. The summed E-state index contributed by atoms with van der Waals surface area (Å²) in [5.74, 6) is -2.23. The highest BCUT2D eigenvalue weighted by Gasteiger charge is 2.31. The van der Waals surface area contributed by atoms with Gasteiger partial charge in [0.05, 0.1) is 27.8 Å². The van der Waals surface area contributed by atoms with Gasteiger partial charge in [0.15, 0.2) is 0 Å². The lowest BCUT2D eigenvalue weighted by Gasteiger charge is -2.21. The zero-order chi connectivity index (χ0) is 21.9. The first-order valence-electron chi connectivity index (χ1n) is 8.37. The van der Waals surface area contributed by atoms with Gasteiger partial charge in [-0.1, -0.05) is 30.1 Å². The lowest BCUT2D eigenvalue weighted by Crippen LogP contribution is -2.41. The van der Waals surface area contributed by atoms with Gasteiger partial charge in [-0.3, -0.25) is 9.59 Å².